The van der Waals surface area contributed by atoms with Crippen LogP contribution in [0.1, 0.15) is 47.9 Å². The van der Waals surface area contributed by atoms with Gasteiger partial charge in [-0.3, -0.25) is 19.6 Å². The summed E-state index contributed by atoms with van der Waals surface area (Å²) >= 11 is 0. The van der Waals surface area contributed by atoms with Crippen LogP contribution in [-0.4, -0.2) is 51.4 Å². The zero-order valence-corrected chi connectivity index (χ0v) is 21.6. The Morgan fingerprint density at radius 2 is 1.89 bits per heavy atom. The first kappa shape index (κ1) is 24.0. The van der Waals surface area contributed by atoms with Crippen molar-refractivity contribution < 1.29 is 14.0 Å². The van der Waals surface area contributed by atoms with E-state index in [2.05, 4.69) is 38.1 Å². The number of fused-ring (bicyclic) bond motifs is 4. The quantitative estimate of drug-likeness (QED) is 0.370. The van der Waals surface area contributed by atoms with Crippen molar-refractivity contribution in [2.24, 2.45) is 0 Å². The van der Waals surface area contributed by atoms with Crippen molar-refractivity contribution in [1.82, 2.24) is 20.2 Å². The Labute approximate surface area is 220 Å². The lowest BCUT2D eigenvalue weighted by Crippen LogP contribution is -2.68. The topological polar surface area (TPSA) is 112 Å². The van der Waals surface area contributed by atoms with Gasteiger partial charge in [0.1, 0.15) is 6.04 Å². The second-order valence-corrected chi connectivity index (χ2v) is 10.4. The van der Waals surface area contributed by atoms with Crippen molar-refractivity contribution in [1.29, 1.82) is 0 Å². The second-order valence-electron chi connectivity index (χ2n) is 10.4. The summed E-state index contributed by atoms with van der Waals surface area (Å²) in [7, 11) is 1.61. The largest absolute Gasteiger partial charge is 0.459 e. The summed E-state index contributed by atoms with van der Waals surface area (Å²) in [5.41, 5.74) is 4.73. The van der Waals surface area contributed by atoms with E-state index in [0.29, 0.717) is 18.5 Å². The highest BCUT2D eigenvalue weighted by Crippen LogP contribution is 2.49. The molecule has 6 rings (SSSR count). The van der Waals surface area contributed by atoms with Gasteiger partial charge in [-0.25, -0.2) is 0 Å². The Morgan fingerprint density at radius 1 is 1.11 bits per heavy atom. The molecule has 2 unspecified atom stereocenters. The fourth-order valence-electron chi connectivity index (χ4n) is 6.07. The molecule has 3 N–H and O–H groups in total. The summed E-state index contributed by atoms with van der Waals surface area (Å²) in [5.74, 6) is -0.140. The molecular weight excluding hydrogens is 480 g/mol. The van der Waals surface area contributed by atoms with Gasteiger partial charge in [0.05, 0.1) is 28.9 Å². The molecule has 0 aliphatic carbocycles. The molecule has 38 heavy (non-hydrogen) atoms. The lowest BCUT2D eigenvalue weighted by atomic mass is 9.73. The molecule has 0 radical (unpaired) electrons. The van der Waals surface area contributed by atoms with Gasteiger partial charge in [0.2, 0.25) is 5.91 Å². The maximum atomic E-state index is 14.2. The van der Waals surface area contributed by atoms with Crippen LogP contribution in [0.5, 0.6) is 0 Å². The predicted molar refractivity (Wildman–Crippen MR) is 145 cm³/mol. The molecule has 194 valence electrons. The van der Waals surface area contributed by atoms with Crippen LogP contribution in [0, 0.1) is 0 Å². The van der Waals surface area contributed by atoms with E-state index in [4.69, 9.17) is 4.42 Å². The number of nitrogens with zero attached hydrogens (tertiary/aromatic N) is 3. The van der Waals surface area contributed by atoms with Crippen molar-refractivity contribution in [3.63, 3.8) is 0 Å². The van der Waals surface area contributed by atoms with Crippen molar-refractivity contribution in [3.8, 4) is 0 Å². The molecule has 9 nitrogen and oxygen atoms in total. The Bertz CT molecular complexity index is 1530. The van der Waals surface area contributed by atoms with Crippen LogP contribution in [0.3, 0.4) is 0 Å². The number of nitrogens with one attached hydrogen (secondary N) is 3. The summed E-state index contributed by atoms with van der Waals surface area (Å²) in [4.78, 5) is 37.7. The van der Waals surface area contributed by atoms with E-state index in [1.165, 1.54) is 11.8 Å². The lowest BCUT2D eigenvalue weighted by Gasteiger charge is -2.52. The summed E-state index contributed by atoms with van der Waals surface area (Å²) in [6.45, 7) is 4.42. The van der Waals surface area contributed by atoms with Gasteiger partial charge in [0.25, 0.3) is 5.91 Å². The van der Waals surface area contributed by atoms with Crippen molar-refractivity contribution >= 4 is 34.2 Å². The van der Waals surface area contributed by atoms with Crippen LogP contribution in [-0.2, 0) is 11.3 Å². The molecule has 0 saturated carbocycles. The first-order valence-electron chi connectivity index (χ1n) is 12.8. The third-order valence-electron chi connectivity index (χ3n) is 7.91. The van der Waals surface area contributed by atoms with Crippen LogP contribution >= 0.6 is 0 Å². The molecule has 1 saturated heterocycles. The molecule has 4 heterocycles. The Balaban J connectivity index is 1.29. The number of likely N-dealkylation sites (N-methyl/N-ethyl adjacent to an activating group) is 1. The summed E-state index contributed by atoms with van der Waals surface area (Å²) < 4.78 is 5.76. The first-order valence-corrected chi connectivity index (χ1v) is 12.8. The van der Waals surface area contributed by atoms with E-state index in [0.717, 1.165) is 22.4 Å². The molecule has 1 fully saturated rings. The fraction of sp³-hybridized carbons (Fsp3) is 0.310. The predicted octanol–water partition coefficient (Wildman–Crippen LogP) is 4.15. The van der Waals surface area contributed by atoms with E-state index in [1.54, 1.807) is 30.4 Å². The highest BCUT2D eigenvalue weighted by Gasteiger charge is 2.55. The molecule has 0 spiro atoms. The SMILES string of the molecule is CNC(=O)[C@H]1CC2c3ccccc3NC2C(C)(C)N1C(=O)c1occc1CNc1ccc2nccnc2c1. The molecule has 2 aliphatic heterocycles. The minimum Gasteiger partial charge on any atom is -0.459 e. The minimum atomic E-state index is -0.676. The third-order valence-corrected chi connectivity index (χ3v) is 7.91. The number of rotatable bonds is 5. The van der Waals surface area contributed by atoms with Gasteiger partial charge in [0.15, 0.2) is 5.76 Å². The van der Waals surface area contributed by atoms with Crippen LogP contribution in [0.4, 0.5) is 11.4 Å². The smallest absolute Gasteiger partial charge is 0.291 e. The number of benzene rings is 2. The lowest BCUT2D eigenvalue weighted by molar-refractivity contribution is -0.129. The molecule has 2 aromatic heterocycles. The van der Waals surface area contributed by atoms with Crippen LogP contribution in [0.25, 0.3) is 11.0 Å². The Morgan fingerprint density at radius 3 is 2.71 bits per heavy atom. The normalized spacial score (nSPS) is 21.3. The number of para-hydroxylation sites is 1. The molecule has 3 atom stereocenters. The molecule has 2 aromatic carbocycles. The van der Waals surface area contributed by atoms with Gasteiger partial charge in [-0.1, -0.05) is 18.2 Å². The third kappa shape index (κ3) is 3.86. The number of likely N-dealkylation sites (tertiary alicyclic amines) is 1. The second kappa shape index (κ2) is 9.16. The van der Waals surface area contributed by atoms with Crippen molar-refractivity contribution in [2.45, 2.75) is 50.4 Å². The maximum Gasteiger partial charge on any atom is 0.291 e. The minimum absolute atomic E-state index is 0.0417. The molecule has 0 bridgehead atoms. The summed E-state index contributed by atoms with van der Waals surface area (Å²) in [6, 6.07) is 15.0. The zero-order valence-electron chi connectivity index (χ0n) is 21.6. The number of anilines is 2. The number of aromatic nitrogens is 2. The van der Waals surface area contributed by atoms with Gasteiger partial charge in [-0.15, -0.1) is 0 Å². The number of furan rings is 1. The van der Waals surface area contributed by atoms with E-state index >= 15 is 0 Å². The van der Waals surface area contributed by atoms with Gasteiger partial charge in [-0.2, -0.15) is 0 Å². The number of piperidine rings is 1. The molecule has 9 heteroatoms. The fourth-order valence-corrected chi connectivity index (χ4v) is 6.07. The molecule has 4 aromatic rings. The van der Waals surface area contributed by atoms with Gasteiger partial charge in [0, 0.05) is 48.8 Å². The Kier molecular flexibility index (Phi) is 5.78. The van der Waals surface area contributed by atoms with Crippen molar-refractivity contribution in [3.05, 3.63) is 84.1 Å². The van der Waals surface area contributed by atoms with Crippen molar-refractivity contribution in [2.75, 3.05) is 17.7 Å². The number of carbonyl (C=O) groups excluding carboxylic acids is 2. The number of hydrogen-bond acceptors (Lipinski definition) is 7. The average molecular weight is 511 g/mol. The monoisotopic (exact) mass is 510 g/mol. The van der Waals surface area contributed by atoms with E-state index < -0.39 is 11.6 Å². The first-order chi connectivity index (χ1) is 18.4. The average Bonchev–Trinajstić information content (AvgIpc) is 3.56. The molecule has 2 amide bonds. The number of hydrogen-bond donors (Lipinski definition) is 3. The zero-order chi connectivity index (χ0) is 26.4. The standard InChI is InChI=1S/C29H30N6O3/c1-29(2)26-20(19-6-4-5-7-21(19)34-26)15-24(27(36)30-3)35(29)28(37)25-17(10-13-38-25)16-33-18-8-9-22-23(14-18)32-12-11-31-22/h4-14,20,24,26,33-34H,15-16H2,1-3H3,(H,30,36)/t20?,24-,26?/m1/s1. The molecular formula is C29H30N6O3. The maximum absolute atomic E-state index is 14.2. The number of amides is 2. The molecule has 2 aliphatic rings. The Hall–Kier alpha value is -4.40. The summed E-state index contributed by atoms with van der Waals surface area (Å²) in [5, 5.41) is 9.77. The van der Waals surface area contributed by atoms with Crippen LogP contribution in [0.15, 0.2) is 71.6 Å². The van der Waals surface area contributed by atoms with Crippen LogP contribution < -0.4 is 16.0 Å². The van der Waals surface area contributed by atoms with Gasteiger partial charge in [-0.05, 0) is 56.2 Å². The van der Waals surface area contributed by atoms with Crippen LogP contribution in [0.2, 0.25) is 0 Å². The summed E-state index contributed by atoms with van der Waals surface area (Å²) in [6.07, 6.45) is 5.36. The van der Waals surface area contributed by atoms with E-state index in [9.17, 15) is 9.59 Å². The number of carbonyl (C=O) groups is 2. The highest BCUT2D eigenvalue weighted by molar-refractivity contribution is 5.98. The van der Waals surface area contributed by atoms with Gasteiger partial charge >= 0.3 is 0 Å². The van der Waals surface area contributed by atoms with E-state index in [1.807, 2.05) is 44.2 Å². The van der Waals surface area contributed by atoms with E-state index in [-0.39, 0.29) is 29.5 Å². The van der Waals surface area contributed by atoms with Gasteiger partial charge < -0.3 is 25.3 Å². The highest BCUT2D eigenvalue weighted by atomic mass is 16.3.